The molecular weight excluding hydrogens is 401 g/mol. The van der Waals surface area contributed by atoms with Gasteiger partial charge in [0.05, 0.1) is 11.6 Å². The van der Waals surface area contributed by atoms with Gasteiger partial charge in [0, 0.05) is 35.0 Å². The van der Waals surface area contributed by atoms with Crippen LogP contribution in [0.2, 0.25) is 0 Å². The number of aromatic nitrogens is 2. The van der Waals surface area contributed by atoms with Crippen molar-refractivity contribution in [2.75, 3.05) is 0 Å². The van der Waals surface area contributed by atoms with Crippen molar-refractivity contribution in [3.8, 4) is 34.1 Å². The minimum Gasteiger partial charge on any atom is -0.489 e. The number of ether oxygens (including phenoxy) is 1. The van der Waals surface area contributed by atoms with Crippen molar-refractivity contribution in [1.82, 2.24) is 9.97 Å². The van der Waals surface area contributed by atoms with Crippen molar-refractivity contribution in [1.29, 1.82) is 5.26 Å². The van der Waals surface area contributed by atoms with Crippen LogP contribution < -0.4 is 4.74 Å². The van der Waals surface area contributed by atoms with Gasteiger partial charge in [0.25, 0.3) is 0 Å². The number of nitriles is 1. The molecule has 5 aromatic rings. The van der Waals surface area contributed by atoms with Crippen molar-refractivity contribution in [2.45, 2.75) is 6.61 Å². The highest BCUT2D eigenvalue weighted by atomic mass is 19.1. The molecule has 2 aromatic heterocycles. The lowest BCUT2D eigenvalue weighted by Gasteiger charge is -2.09. The van der Waals surface area contributed by atoms with Gasteiger partial charge in [-0.3, -0.25) is 0 Å². The second-order valence-electron chi connectivity index (χ2n) is 7.46. The first-order valence-electron chi connectivity index (χ1n) is 10.1. The number of aromatic amines is 1. The number of halogens is 1. The van der Waals surface area contributed by atoms with Gasteiger partial charge in [0.1, 0.15) is 23.8 Å². The first kappa shape index (κ1) is 19.5. The van der Waals surface area contributed by atoms with E-state index in [-0.39, 0.29) is 5.82 Å². The van der Waals surface area contributed by atoms with Crippen molar-refractivity contribution < 1.29 is 9.13 Å². The van der Waals surface area contributed by atoms with Crippen molar-refractivity contribution in [3.63, 3.8) is 0 Å². The summed E-state index contributed by atoms with van der Waals surface area (Å²) < 4.78 is 20.3. The zero-order chi connectivity index (χ0) is 21.9. The number of hydrogen-bond donors (Lipinski definition) is 1. The molecule has 3 aromatic carbocycles. The molecule has 0 radical (unpaired) electrons. The summed E-state index contributed by atoms with van der Waals surface area (Å²) in [4.78, 5) is 7.68. The van der Waals surface area contributed by atoms with Crippen LogP contribution in [0, 0.1) is 17.1 Å². The second-order valence-corrected chi connectivity index (χ2v) is 7.46. The number of nitrogens with one attached hydrogen (secondary N) is 1. The Bertz CT molecular complexity index is 1430. The van der Waals surface area contributed by atoms with E-state index in [1.54, 1.807) is 18.3 Å². The van der Waals surface area contributed by atoms with E-state index in [9.17, 15) is 4.39 Å². The van der Waals surface area contributed by atoms with E-state index in [1.165, 1.54) is 12.1 Å². The van der Waals surface area contributed by atoms with E-state index < -0.39 is 0 Å². The molecule has 0 saturated carbocycles. The fraction of sp³-hybridized carbons (Fsp3) is 0.0370. The molecule has 0 fully saturated rings. The quantitative estimate of drug-likeness (QED) is 0.354. The van der Waals surface area contributed by atoms with E-state index in [4.69, 9.17) is 10.00 Å². The van der Waals surface area contributed by atoms with Crippen LogP contribution >= 0.6 is 0 Å². The normalized spacial score (nSPS) is 10.8. The lowest BCUT2D eigenvalue weighted by atomic mass is 10.0. The molecule has 0 spiro atoms. The van der Waals surface area contributed by atoms with Crippen LogP contribution in [0.15, 0.2) is 91.3 Å². The summed E-state index contributed by atoms with van der Waals surface area (Å²) in [5, 5.41) is 9.90. The van der Waals surface area contributed by atoms with Crippen LogP contribution in [-0.4, -0.2) is 9.97 Å². The Kier molecular flexibility index (Phi) is 5.11. The Labute approximate surface area is 184 Å². The predicted molar refractivity (Wildman–Crippen MR) is 122 cm³/mol. The number of nitrogens with zero attached hydrogens (tertiary/aromatic N) is 2. The van der Waals surface area contributed by atoms with E-state index in [1.807, 2.05) is 60.8 Å². The molecule has 32 heavy (non-hydrogen) atoms. The van der Waals surface area contributed by atoms with Crippen LogP contribution in [0.3, 0.4) is 0 Å². The predicted octanol–water partition coefficient (Wildman–Crippen LogP) is 6.49. The Morgan fingerprint density at radius 3 is 2.50 bits per heavy atom. The number of H-pyrrole nitrogens is 1. The average Bonchev–Trinajstić information content (AvgIpc) is 3.26. The highest BCUT2D eigenvalue weighted by molar-refractivity contribution is 5.96. The van der Waals surface area contributed by atoms with Crippen LogP contribution in [0.25, 0.3) is 33.3 Å². The maximum atomic E-state index is 14.4. The number of fused-ring (bicyclic) bond motifs is 1. The average molecular weight is 419 g/mol. The van der Waals surface area contributed by atoms with Gasteiger partial charge in [-0.25, -0.2) is 9.37 Å². The maximum Gasteiger partial charge on any atom is 0.137 e. The van der Waals surface area contributed by atoms with E-state index in [2.05, 4.69) is 16.0 Å². The lowest BCUT2D eigenvalue weighted by Crippen LogP contribution is -1.96. The monoisotopic (exact) mass is 419 g/mol. The third kappa shape index (κ3) is 3.94. The molecule has 5 heteroatoms. The van der Waals surface area contributed by atoms with Crippen LogP contribution in [0.4, 0.5) is 4.39 Å². The summed E-state index contributed by atoms with van der Waals surface area (Å²) in [6.07, 6.45) is 3.61. The molecule has 0 aliphatic rings. The fourth-order valence-corrected chi connectivity index (χ4v) is 3.68. The first-order valence-corrected chi connectivity index (χ1v) is 10.1. The zero-order valence-corrected chi connectivity index (χ0v) is 17.0. The molecule has 0 unspecified atom stereocenters. The molecule has 0 saturated heterocycles. The van der Waals surface area contributed by atoms with Gasteiger partial charge in [-0.1, -0.05) is 42.5 Å². The van der Waals surface area contributed by atoms with Crippen molar-refractivity contribution >= 4 is 11.0 Å². The molecule has 2 heterocycles. The SMILES string of the molecule is N#Cc1ccc(-c2cnc3[nH]cc(-c4cc(F)cc(OCc5ccccc5)c4)c3c2)cc1. The molecule has 154 valence electrons. The largest absolute Gasteiger partial charge is 0.489 e. The Morgan fingerprint density at radius 1 is 0.906 bits per heavy atom. The van der Waals surface area contributed by atoms with Gasteiger partial charge >= 0.3 is 0 Å². The molecule has 0 bridgehead atoms. The van der Waals surface area contributed by atoms with Gasteiger partial charge in [-0.15, -0.1) is 0 Å². The summed E-state index contributed by atoms with van der Waals surface area (Å²) in [6.45, 7) is 0.363. The molecule has 0 aliphatic heterocycles. The molecule has 0 amide bonds. The molecule has 1 N–H and O–H groups in total. The summed E-state index contributed by atoms with van der Waals surface area (Å²) in [6, 6.07) is 26.0. The summed E-state index contributed by atoms with van der Waals surface area (Å²) in [5.74, 6) is 0.102. The number of rotatable bonds is 5. The van der Waals surface area contributed by atoms with Gasteiger partial charge in [-0.2, -0.15) is 5.26 Å². The summed E-state index contributed by atoms with van der Waals surface area (Å²) in [7, 11) is 0. The van der Waals surface area contributed by atoms with Crippen molar-refractivity contribution in [3.05, 3.63) is 108 Å². The lowest BCUT2D eigenvalue weighted by molar-refractivity contribution is 0.305. The summed E-state index contributed by atoms with van der Waals surface area (Å²) in [5.41, 5.74) is 5.75. The highest BCUT2D eigenvalue weighted by Gasteiger charge is 2.12. The Hall–Kier alpha value is -4.43. The smallest absolute Gasteiger partial charge is 0.137 e. The van der Waals surface area contributed by atoms with Gasteiger partial charge in [-0.05, 0) is 47.0 Å². The van der Waals surface area contributed by atoms with Crippen LogP contribution in [0.5, 0.6) is 5.75 Å². The second kappa shape index (κ2) is 8.37. The molecule has 5 rings (SSSR count). The van der Waals surface area contributed by atoms with E-state index in [0.29, 0.717) is 29.1 Å². The summed E-state index contributed by atoms with van der Waals surface area (Å²) >= 11 is 0. The van der Waals surface area contributed by atoms with E-state index >= 15 is 0 Å². The minimum atomic E-state index is -0.365. The number of pyridine rings is 1. The van der Waals surface area contributed by atoms with Crippen molar-refractivity contribution in [2.24, 2.45) is 0 Å². The Morgan fingerprint density at radius 2 is 1.72 bits per heavy atom. The van der Waals surface area contributed by atoms with Gasteiger partial charge in [0.2, 0.25) is 0 Å². The topological polar surface area (TPSA) is 61.7 Å². The molecule has 0 atom stereocenters. The standard InChI is InChI=1S/C27H18FN3O/c28-23-10-21(11-24(13-23)32-17-19-4-2-1-3-5-19)26-16-31-27-25(26)12-22(15-30-27)20-8-6-18(14-29)7-9-20/h1-13,15-16H,17H2,(H,30,31). The van der Waals surface area contributed by atoms with Gasteiger partial charge in [0.15, 0.2) is 0 Å². The molecule has 0 aliphatic carbocycles. The Balaban J connectivity index is 1.50. The van der Waals surface area contributed by atoms with Crippen LogP contribution in [-0.2, 0) is 6.61 Å². The number of hydrogen-bond acceptors (Lipinski definition) is 3. The molecular formula is C27H18FN3O. The number of benzene rings is 3. The minimum absolute atomic E-state index is 0.363. The molecule has 4 nitrogen and oxygen atoms in total. The van der Waals surface area contributed by atoms with Crippen LogP contribution in [0.1, 0.15) is 11.1 Å². The zero-order valence-electron chi connectivity index (χ0n) is 17.0. The fourth-order valence-electron chi connectivity index (χ4n) is 3.68. The maximum absolute atomic E-state index is 14.4. The van der Waals surface area contributed by atoms with Gasteiger partial charge < -0.3 is 9.72 Å². The van der Waals surface area contributed by atoms with E-state index in [0.717, 1.165) is 27.6 Å². The third-order valence-electron chi connectivity index (χ3n) is 5.31. The first-order chi connectivity index (χ1) is 15.7. The highest BCUT2D eigenvalue weighted by Crippen LogP contribution is 2.33. The third-order valence-corrected chi connectivity index (χ3v) is 5.31.